The van der Waals surface area contributed by atoms with Crippen molar-refractivity contribution in [3.8, 4) is 5.75 Å². The number of benzene rings is 3. The molecular formula is C26H29ClN2O4S. The zero-order valence-electron chi connectivity index (χ0n) is 19.7. The third-order valence-corrected chi connectivity index (χ3v) is 7.62. The molecule has 1 amide bonds. The van der Waals surface area contributed by atoms with Gasteiger partial charge in [-0.15, -0.1) is 0 Å². The van der Waals surface area contributed by atoms with E-state index in [1.54, 1.807) is 50.4 Å². The van der Waals surface area contributed by atoms with Gasteiger partial charge in [-0.2, -0.15) is 0 Å². The Morgan fingerprint density at radius 1 is 1.03 bits per heavy atom. The van der Waals surface area contributed by atoms with Crippen LogP contribution in [0.15, 0.2) is 71.6 Å². The average Bonchev–Trinajstić information content (AvgIpc) is 2.82. The second-order valence-electron chi connectivity index (χ2n) is 8.01. The molecule has 0 bridgehead atoms. The number of rotatable bonds is 9. The van der Waals surface area contributed by atoms with Crippen molar-refractivity contribution in [3.05, 3.63) is 88.4 Å². The Bertz CT molecular complexity index is 1260. The summed E-state index contributed by atoms with van der Waals surface area (Å²) in [5, 5.41) is 3.48. The van der Waals surface area contributed by atoms with Crippen molar-refractivity contribution in [1.82, 2.24) is 5.32 Å². The number of nitrogens with zero attached hydrogens (tertiary/aromatic N) is 1. The van der Waals surface area contributed by atoms with Gasteiger partial charge in [-0.3, -0.25) is 9.10 Å². The van der Waals surface area contributed by atoms with E-state index in [1.807, 2.05) is 32.0 Å². The Morgan fingerprint density at radius 2 is 1.74 bits per heavy atom. The van der Waals surface area contributed by atoms with Crippen LogP contribution >= 0.6 is 11.6 Å². The molecule has 3 aromatic carbocycles. The van der Waals surface area contributed by atoms with E-state index in [0.29, 0.717) is 22.7 Å². The lowest BCUT2D eigenvalue weighted by Crippen LogP contribution is -2.42. The van der Waals surface area contributed by atoms with Crippen LogP contribution in [0, 0.1) is 13.8 Å². The van der Waals surface area contributed by atoms with E-state index < -0.39 is 15.9 Å². The van der Waals surface area contributed by atoms with Crippen LogP contribution in [0.3, 0.4) is 0 Å². The van der Waals surface area contributed by atoms with Crippen LogP contribution in [0.2, 0.25) is 5.02 Å². The van der Waals surface area contributed by atoms with Crippen molar-refractivity contribution < 1.29 is 17.9 Å². The molecule has 0 unspecified atom stereocenters. The standard InChI is InChI=1S/C26H29ClN2O4S/c1-5-23(20-11-14-25(33-4)19(3)15-20)28-26(30)17-29(24-13-12-21(27)16-18(24)2)34(31,32)22-9-7-6-8-10-22/h6-16,23H,5,17H2,1-4H3,(H,28,30)/t23-/m0/s1. The lowest BCUT2D eigenvalue weighted by Gasteiger charge is -2.27. The van der Waals surface area contributed by atoms with E-state index in [9.17, 15) is 13.2 Å². The molecule has 0 saturated carbocycles. The minimum atomic E-state index is -3.99. The fourth-order valence-corrected chi connectivity index (χ4v) is 5.56. The van der Waals surface area contributed by atoms with E-state index in [0.717, 1.165) is 21.2 Å². The van der Waals surface area contributed by atoms with Gasteiger partial charge >= 0.3 is 0 Å². The van der Waals surface area contributed by atoms with Crippen LogP contribution in [0.4, 0.5) is 5.69 Å². The Hall–Kier alpha value is -3.03. The van der Waals surface area contributed by atoms with Crippen LogP contribution in [0.1, 0.15) is 36.1 Å². The molecule has 0 radical (unpaired) electrons. The molecule has 0 saturated heterocycles. The van der Waals surface area contributed by atoms with E-state index in [1.165, 1.54) is 12.1 Å². The van der Waals surface area contributed by atoms with Crippen LogP contribution < -0.4 is 14.4 Å². The molecule has 0 aliphatic carbocycles. The van der Waals surface area contributed by atoms with Crippen molar-refractivity contribution in [2.75, 3.05) is 18.0 Å². The summed E-state index contributed by atoms with van der Waals surface area (Å²) in [4.78, 5) is 13.3. The maximum Gasteiger partial charge on any atom is 0.264 e. The highest BCUT2D eigenvalue weighted by Crippen LogP contribution is 2.29. The quantitative estimate of drug-likeness (QED) is 0.425. The maximum atomic E-state index is 13.5. The third-order valence-electron chi connectivity index (χ3n) is 5.61. The summed E-state index contributed by atoms with van der Waals surface area (Å²) in [7, 11) is -2.38. The molecule has 1 atom stereocenters. The number of anilines is 1. The van der Waals surface area contributed by atoms with Crippen LogP contribution in [0.25, 0.3) is 0 Å². The first-order chi connectivity index (χ1) is 16.2. The molecule has 3 rings (SSSR count). The second kappa shape index (κ2) is 10.9. The van der Waals surface area contributed by atoms with Gasteiger partial charge in [-0.1, -0.05) is 48.9 Å². The van der Waals surface area contributed by atoms with E-state index in [-0.39, 0.29) is 17.5 Å². The molecule has 1 N–H and O–H groups in total. The molecule has 0 fully saturated rings. The smallest absolute Gasteiger partial charge is 0.264 e. The predicted molar refractivity (Wildman–Crippen MR) is 136 cm³/mol. The van der Waals surface area contributed by atoms with Gasteiger partial charge in [0, 0.05) is 5.02 Å². The largest absolute Gasteiger partial charge is 0.496 e. The van der Waals surface area contributed by atoms with Crippen LogP contribution in [0.5, 0.6) is 5.75 Å². The molecule has 0 aliphatic rings. The van der Waals surface area contributed by atoms with E-state index in [2.05, 4.69) is 5.32 Å². The van der Waals surface area contributed by atoms with Crippen molar-refractivity contribution in [1.29, 1.82) is 0 Å². The lowest BCUT2D eigenvalue weighted by atomic mass is 10.0. The fourth-order valence-electron chi connectivity index (χ4n) is 3.83. The Morgan fingerprint density at radius 3 is 2.32 bits per heavy atom. The molecular weight excluding hydrogens is 472 g/mol. The van der Waals surface area contributed by atoms with Gasteiger partial charge in [0.1, 0.15) is 12.3 Å². The second-order valence-corrected chi connectivity index (χ2v) is 10.3. The van der Waals surface area contributed by atoms with Crippen molar-refractivity contribution in [2.45, 2.75) is 38.1 Å². The first-order valence-electron chi connectivity index (χ1n) is 10.9. The van der Waals surface area contributed by atoms with Crippen molar-refractivity contribution in [3.63, 3.8) is 0 Å². The fraction of sp³-hybridized carbons (Fsp3) is 0.269. The zero-order chi connectivity index (χ0) is 24.9. The van der Waals surface area contributed by atoms with Gasteiger partial charge in [0.25, 0.3) is 10.0 Å². The summed E-state index contributed by atoms with van der Waals surface area (Å²) in [5.74, 6) is 0.359. The summed E-state index contributed by atoms with van der Waals surface area (Å²) in [6.45, 7) is 5.30. The number of hydrogen-bond donors (Lipinski definition) is 1. The highest BCUT2D eigenvalue weighted by Gasteiger charge is 2.29. The topological polar surface area (TPSA) is 75.7 Å². The number of hydrogen-bond acceptors (Lipinski definition) is 4. The molecule has 8 heteroatoms. The molecule has 34 heavy (non-hydrogen) atoms. The molecule has 0 aromatic heterocycles. The Kier molecular flexibility index (Phi) is 8.23. The number of carbonyl (C=O) groups excluding carboxylic acids is 1. The lowest BCUT2D eigenvalue weighted by molar-refractivity contribution is -0.120. The summed E-state index contributed by atoms with van der Waals surface area (Å²) < 4.78 is 33.5. The minimum absolute atomic E-state index is 0.106. The summed E-state index contributed by atoms with van der Waals surface area (Å²) in [6.07, 6.45) is 0.642. The summed E-state index contributed by atoms with van der Waals surface area (Å²) in [5.41, 5.74) is 2.93. The van der Waals surface area contributed by atoms with Crippen molar-refractivity contribution in [2.24, 2.45) is 0 Å². The molecule has 0 spiro atoms. The van der Waals surface area contributed by atoms with Gasteiger partial charge in [-0.05, 0) is 73.4 Å². The van der Waals surface area contributed by atoms with E-state index in [4.69, 9.17) is 16.3 Å². The van der Waals surface area contributed by atoms with Crippen molar-refractivity contribution >= 4 is 33.2 Å². The number of nitrogens with one attached hydrogen (secondary N) is 1. The molecule has 180 valence electrons. The van der Waals surface area contributed by atoms with Gasteiger partial charge in [-0.25, -0.2) is 8.42 Å². The maximum absolute atomic E-state index is 13.5. The van der Waals surface area contributed by atoms with E-state index >= 15 is 0 Å². The molecule has 3 aromatic rings. The number of amides is 1. The number of sulfonamides is 1. The molecule has 0 heterocycles. The monoisotopic (exact) mass is 500 g/mol. The third kappa shape index (κ3) is 5.72. The van der Waals surface area contributed by atoms with Gasteiger partial charge < -0.3 is 10.1 Å². The first-order valence-corrected chi connectivity index (χ1v) is 12.8. The zero-order valence-corrected chi connectivity index (χ0v) is 21.3. The number of carbonyl (C=O) groups is 1. The van der Waals surface area contributed by atoms with Gasteiger partial charge in [0.2, 0.25) is 5.91 Å². The minimum Gasteiger partial charge on any atom is -0.496 e. The summed E-state index contributed by atoms with van der Waals surface area (Å²) in [6, 6.07) is 18.5. The number of methoxy groups -OCH3 is 1. The Balaban J connectivity index is 1.93. The molecule has 6 nitrogen and oxygen atoms in total. The number of aryl methyl sites for hydroxylation is 2. The highest BCUT2D eigenvalue weighted by molar-refractivity contribution is 7.92. The number of ether oxygens (including phenoxy) is 1. The number of halogens is 1. The molecule has 0 aliphatic heterocycles. The van der Waals surface area contributed by atoms with Crippen LogP contribution in [-0.4, -0.2) is 28.0 Å². The Labute approximate surface area is 206 Å². The normalized spacial score (nSPS) is 12.1. The summed E-state index contributed by atoms with van der Waals surface area (Å²) >= 11 is 6.09. The predicted octanol–water partition coefficient (Wildman–Crippen LogP) is 5.43. The SMILES string of the molecule is CC[C@H](NC(=O)CN(c1ccc(Cl)cc1C)S(=O)(=O)c1ccccc1)c1ccc(OC)c(C)c1. The average molecular weight is 501 g/mol. The van der Waals surface area contributed by atoms with Crippen LogP contribution in [-0.2, 0) is 14.8 Å². The highest BCUT2D eigenvalue weighted by atomic mass is 35.5. The van der Waals surface area contributed by atoms with Gasteiger partial charge in [0.15, 0.2) is 0 Å². The first kappa shape index (κ1) is 25.6. The van der Waals surface area contributed by atoms with Gasteiger partial charge in [0.05, 0.1) is 23.7 Å².